The van der Waals surface area contributed by atoms with E-state index >= 15 is 0 Å². The highest BCUT2D eigenvalue weighted by molar-refractivity contribution is 6.33. The van der Waals surface area contributed by atoms with E-state index < -0.39 is 18.1 Å². The summed E-state index contributed by atoms with van der Waals surface area (Å²) in [6.07, 6.45) is -4.69. The van der Waals surface area contributed by atoms with E-state index in [2.05, 4.69) is 0 Å². The summed E-state index contributed by atoms with van der Waals surface area (Å²) in [5.41, 5.74) is -0.187. The van der Waals surface area contributed by atoms with Gasteiger partial charge in [0.05, 0.1) is 10.6 Å². The first-order valence-electron chi connectivity index (χ1n) is 7.38. The number of halogens is 4. The third-order valence-corrected chi connectivity index (χ3v) is 3.95. The molecule has 2 aromatic carbocycles. The number of hydrogen-bond acceptors (Lipinski definition) is 3. The Balaban J connectivity index is 1.91. The van der Waals surface area contributed by atoms with Crippen LogP contribution in [0.3, 0.4) is 0 Å². The van der Waals surface area contributed by atoms with E-state index in [4.69, 9.17) is 21.1 Å². The van der Waals surface area contributed by atoms with Crippen molar-refractivity contribution < 1.29 is 27.4 Å². The first-order valence-corrected chi connectivity index (χ1v) is 7.76. The predicted octanol–water partition coefficient (Wildman–Crippen LogP) is 4.14. The second kappa shape index (κ2) is 6.84. The number of hydrogen-bond donors (Lipinski definition) is 1. The summed E-state index contributed by atoms with van der Waals surface area (Å²) in [5, 5.41) is 2.06. The molecule has 0 saturated heterocycles. The third kappa shape index (κ3) is 3.82. The Morgan fingerprint density at radius 1 is 1.08 bits per heavy atom. The van der Waals surface area contributed by atoms with Crippen molar-refractivity contribution in [1.29, 1.82) is 0 Å². The molecule has 1 amide bonds. The number of carbonyl (C=O) groups excluding carboxylic acids is 1. The van der Waals surface area contributed by atoms with Crippen molar-refractivity contribution in [2.24, 2.45) is 0 Å². The molecule has 1 heterocycles. The largest absolute Gasteiger partial charge is 0.486 e. The molecule has 1 atom stereocenters. The minimum atomic E-state index is -4.69. The van der Waals surface area contributed by atoms with Gasteiger partial charge in [-0.1, -0.05) is 29.8 Å². The van der Waals surface area contributed by atoms with Gasteiger partial charge in [-0.25, -0.2) is 0 Å². The molecule has 0 aliphatic carbocycles. The van der Waals surface area contributed by atoms with Gasteiger partial charge in [0, 0.05) is 0 Å². The van der Waals surface area contributed by atoms with Crippen molar-refractivity contribution in [3.05, 3.63) is 58.6 Å². The highest BCUT2D eigenvalue weighted by atomic mass is 35.5. The van der Waals surface area contributed by atoms with Gasteiger partial charge in [-0.2, -0.15) is 13.2 Å². The summed E-state index contributed by atoms with van der Waals surface area (Å²) in [5.74, 6) is -0.332. The van der Waals surface area contributed by atoms with Gasteiger partial charge in [0.15, 0.2) is 17.5 Å². The van der Waals surface area contributed by atoms with Crippen LogP contribution in [0.15, 0.2) is 42.5 Å². The van der Waals surface area contributed by atoms with Gasteiger partial charge in [-0.15, -0.1) is 0 Å². The number of carbonyl (C=O) groups is 1. The molecule has 3 rings (SSSR count). The van der Waals surface area contributed by atoms with E-state index in [9.17, 15) is 18.0 Å². The number of amides is 1. The van der Waals surface area contributed by atoms with Gasteiger partial charge in [0.25, 0.3) is 5.91 Å². The zero-order valence-electron chi connectivity index (χ0n) is 12.8. The minimum absolute atomic E-state index is 0.0315. The minimum Gasteiger partial charge on any atom is -0.486 e. The fourth-order valence-corrected chi connectivity index (χ4v) is 2.67. The first kappa shape index (κ1) is 17.4. The Morgan fingerprint density at radius 2 is 1.76 bits per heavy atom. The first-order chi connectivity index (χ1) is 11.9. The molecular weight excluding hydrogens is 359 g/mol. The fraction of sp³-hybridized carbons (Fsp3) is 0.235. The van der Waals surface area contributed by atoms with Crippen molar-refractivity contribution in [2.75, 3.05) is 13.2 Å². The molecule has 0 saturated carbocycles. The van der Waals surface area contributed by atoms with Crippen molar-refractivity contribution in [3.63, 3.8) is 0 Å². The standard InChI is InChI=1S/C17H13ClF3NO3/c18-12-4-2-1-3-11(12)16(23)22-15(17(19,20)21)10-5-6-13-14(9-10)25-8-7-24-13/h1-6,9,15H,7-8H2,(H,22,23)/t15-/m0/s1. The van der Waals surface area contributed by atoms with Crippen molar-refractivity contribution in [1.82, 2.24) is 5.32 Å². The molecule has 1 aliphatic rings. The lowest BCUT2D eigenvalue weighted by molar-refractivity contribution is -0.155. The molecule has 1 aliphatic heterocycles. The Morgan fingerprint density at radius 3 is 2.44 bits per heavy atom. The van der Waals surface area contributed by atoms with Crippen molar-refractivity contribution >= 4 is 17.5 Å². The molecule has 132 valence electrons. The molecule has 4 nitrogen and oxygen atoms in total. The molecule has 0 fully saturated rings. The Bertz CT molecular complexity index is 795. The average molecular weight is 372 g/mol. The molecule has 0 bridgehead atoms. The SMILES string of the molecule is O=C(N[C@@H](c1ccc2c(c1)OCCO2)C(F)(F)F)c1ccccc1Cl. The van der Waals surface area contributed by atoms with Crippen LogP contribution < -0.4 is 14.8 Å². The van der Waals surface area contributed by atoms with Crippen LogP contribution in [0.4, 0.5) is 13.2 Å². The lowest BCUT2D eigenvalue weighted by atomic mass is 10.0. The maximum Gasteiger partial charge on any atom is 0.412 e. The van der Waals surface area contributed by atoms with E-state index in [1.165, 1.54) is 36.4 Å². The average Bonchev–Trinajstić information content (AvgIpc) is 2.58. The number of ether oxygens (including phenoxy) is 2. The van der Waals surface area contributed by atoms with E-state index in [0.717, 1.165) is 0 Å². The molecular formula is C17H13ClF3NO3. The van der Waals surface area contributed by atoms with Gasteiger partial charge < -0.3 is 14.8 Å². The van der Waals surface area contributed by atoms with Crippen molar-refractivity contribution in [2.45, 2.75) is 12.2 Å². The van der Waals surface area contributed by atoms with E-state index in [-0.39, 0.29) is 28.5 Å². The Labute approximate surface area is 146 Å². The summed E-state index contributed by atoms with van der Waals surface area (Å²) in [6, 6.07) is 7.56. The topological polar surface area (TPSA) is 47.6 Å². The van der Waals surface area contributed by atoms with Crippen LogP contribution in [0.1, 0.15) is 22.0 Å². The summed E-state index contributed by atoms with van der Waals surface area (Å²) in [6.45, 7) is 0.581. The Hall–Kier alpha value is -2.41. The van der Waals surface area contributed by atoms with Crippen LogP contribution in [0.5, 0.6) is 11.5 Å². The lowest BCUT2D eigenvalue weighted by Crippen LogP contribution is -2.38. The van der Waals surface area contributed by atoms with Gasteiger partial charge in [-0.3, -0.25) is 4.79 Å². The summed E-state index contributed by atoms with van der Waals surface area (Å²) in [7, 11) is 0. The smallest absolute Gasteiger partial charge is 0.412 e. The zero-order valence-corrected chi connectivity index (χ0v) is 13.5. The van der Waals surface area contributed by atoms with E-state index in [0.29, 0.717) is 12.4 Å². The van der Waals surface area contributed by atoms with Crippen LogP contribution >= 0.6 is 11.6 Å². The number of alkyl halides is 3. The normalized spacial score (nSPS) is 14.7. The lowest BCUT2D eigenvalue weighted by Gasteiger charge is -2.24. The number of benzene rings is 2. The highest BCUT2D eigenvalue weighted by Crippen LogP contribution is 2.38. The van der Waals surface area contributed by atoms with Gasteiger partial charge in [-0.05, 0) is 29.8 Å². The molecule has 2 aromatic rings. The van der Waals surface area contributed by atoms with Crippen molar-refractivity contribution in [3.8, 4) is 11.5 Å². The second-order valence-corrected chi connectivity index (χ2v) is 5.74. The molecule has 0 radical (unpaired) electrons. The van der Waals surface area contributed by atoms with Gasteiger partial charge >= 0.3 is 6.18 Å². The summed E-state index contributed by atoms with van der Waals surface area (Å²) < 4.78 is 51.1. The van der Waals surface area contributed by atoms with Gasteiger partial charge in [0.2, 0.25) is 0 Å². The third-order valence-electron chi connectivity index (χ3n) is 3.62. The van der Waals surface area contributed by atoms with Crippen LogP contribution in [0.2, 0.25) is 5.02 Å². The van der Waals surface area contributed by atoms with E-state index in [1.54, 1.807) is 6.07 Å². The second-order valence-electron chi connectivity index (χ2n) is 5.33. The molecule has 0 aromatic heterocycles. The van der Waals surface area contributed by atoms with Crippen LogP contribution in [0.25, 0.3) is 0 Å². The summed E-state index contributed by atoms with van der Waals surface area (Å²) in [4.78, 5) is 12.2. The summed E-state index contributed by atoms with van der Waals surface area (Å²) >= 11 is 5.88. The number of fused-ring (bicyclic) bond motifs is 1. The predicted molar refractivity (Wildman–Crippen MR) is 85.1 cm³/mol. The number of rotatable bonds is 3. The quantitative estimate of drug-likeness (QED) is 0.882. The molecule has 1 N–H and O–H groups in total. The zero-order chi connectivity index (χ0) is 18.0. The molecule has 0 unspecified atom stereocenters. The van der Waals surface area contributed by atoms with Crippen LogP contribution in [0, 0.1) is 0 Å². The van der Waals surface area contributed by atoms with Crippen LogP contribution in [-0.2, 0) is 0 Å². The maximum atomic E-state index is 13.5. The Kier molecular flexibility index (Phi) is 4.76. The maximum absolute atomic E-state index is 13.5. The molecule has 0 spiro atoms. The van der Waals surface area contributed by atoms with Crippen LogP contribution in [-0.4, -0.2) is 25.3 Å². The highest BCUT2D eigenvalue weighted by Gasteiger charge is 2.42. The number of nitrogens with one attached hydrogen (secondary N) is 1. The molecule has 25 heavy (non-hydrogen) atoms. The van der Waals surface area contributed by atoms with E-state index in [1.807, 2.05) is 5.32 Å². The fourth-order valence-electron chi connectivity index (χ4n) is 2.45. The monoisotopic (exact) mass is 371 g/mol. The van der Waals surface area contributed by atoms with Gasteiger partial charge in [0.1, 0.15) is 13.2 Å². The molecule has 8 heteroatoms.